The molecule has 2 aromatic heterocycles. The van der Waals surface area contributed by atoms with Crippen molar-refractivity contribution >= 4 is 30.7 Å². The minimum Gasteiger partial charge on any atom is -0.387 e. The molecule has 0 spiro atoms. The van der Waals surface area contributed by atoms with Crippen LogP contribution < -0.4 is 11.0 Å². The van der Waals surface area contributed by atoms with Crippen LogP contribution in [0.4, 0.5) is 5.82 Å². The molecular formula is C18H20N5O9P. The Balaban J connectivity index is 1.63. The molecule has 4 rings (SSSR count). The van der Waals surface area contributed by atoms with Gasteiger partial charge >= 0.3 is 13.5 Å². The van der Waals surface area contributed by atoms with Crippen LogP contribution in [0.3, 0.4) is 0 Å². The lowest BCUT2D eigenvalue weighted by Gasteiger charge is -2.16. The van der Waals surface area contributed by atoms with Crippen LogP contribution in [0.25, 0.3) is 11.2 Å². The molecule has 14 nitrogen and oxygen atoms in total. The lowest BCUT2D eigenvalue weighted by atomic mass is 10.1. The van der Waals surface area contributed by atoms with Gasteiger partial charge in [-0.25, -0.2) is 14.3 Å². The van der Waals surface area contributed by atoms with E-state index in [4.69, 9.17) is 14.5 Å². The van der Waals surface area contributed by atoms with Crippen LogP contribution in [0.2, 0.25) is 0 Å². The number of aromatic nitrogens is 4. The fraction of sp³-hybridized carbons (Fsp3) is 0.333. The van der Waals surface area contributed by atoms with E-state index in [2.05, 4.69) is 24.8 Å². The van der Waals surface area contributed by atoms with Gasteiger partial charge in [0.05, 0.1) is 12.9 Å². The van der Waals surface area contributed by atoms with E-state index in [0.717, 1.165) is 10.1 Å². The van der Waals surface area contributed by atoms with Crippen molar-refractivity contribution in [2.24, 2.45) is 0 Å². The number of phosphoric acid groups is 1. The molecular weight excluding hydrogens is 461 g/mol. The normalized spacial score (nSPS) is 23.2. The number of H-pyrrole nitrogens is 1. The number of benzene rings is 1. The number of rotatable bonds is 6. The van der Waals surface area contributed by atoms with Crippen LogP contribution in [0.15, 0.2) is 35.4 Å². The van der Waals surface area contributed by atoms with Crippen molar-refractivity contribution < 1.29 is 38.6 Å². The zero-order valence-electron chi connectivity index (χ0n) is 17.0. The lowest BCUT2D eigenvalue weighted by molar-refractivity contribution is -0.0504. The highest BCUT2D eigenvalue weighted by molar-refractivity contribution is 7.46. The Bertz CT molecular complexity index is 1300. The minimum atomic E-state index is -4.83. The molecule has 3 heterocycles. The van der Waals surface area contributed by atoms with E-state index in [1.165, 1.54) is 6.33 Å². The van der Waals surface area contributed by atoms with Crippen molar-refractivity contribution in [3.05, 3.63) is 52.2 Å². The third kappa shape index (κ3) is 4.86. The number of aryl methyl sites for hydroxylation is 1. The van der Waals surface area contributed by atoms with E-state index in [9.17, 15) is 24.4 Å². The molecule has 3 aromatic rings. The van der Waals surface area contributed by atoms with Gasteiger partial charge in [-0.2, -0.15) is 4.98 Å². The molecule has 1 amide bonds. The van der Waals surface area contributed by atoms with Crippen LogP contribution in [-0.2, 0) is 13.8 Å². The third-order valence-corrected chi connectivity index (χ3v) is 5.47. The van der Waals surface area contributed by atoms with E-state index in [0.29, 0.717) is 5.56 Å². The largest absolute Gasteiger partial charge is 0.469 e. The van der Waals surface area contributed by atoms with Gasteiger partial charge in [0.15, 0.2) is 11.9 Å². The second kappa shape index (κ2) is 8.76. The Morgan fingerprint density at radius 3 is 2.79 bits per heavy atom. The van der Waals surface area contributed by atoms with Crippen molar-refractivity contribution in [1.82, 2.24) is 19.5 Å². The monoisotopic (exact) mass is 481 g/mol. The van der Waals surface area contributed by atoms with Crippen molar-refractivity contribution in [3.63, 3.8) is 0 Å². The number of fused-ring (bicyclic) bond motifs is 1. The number of anilines is 1. The molecule has 1 aliphatic rings. The predicted molar refractivity (Wildman–Crippen MR) is 111 cm³/mol. The number of carbonyl (C=O) groups excluding carboxylic acids is 1. The highest BCUT2D eigenvalue weighted by Gasteiger charge is 2.45. The van der Waals surface area contributed by atoms with Crippen LogP contribution in [0, 0.1) is 6.92 Å². The molecule has 15 heteroatoms. The summed E-state index contributed by atoms with van der Waals surface area (Å²) in [5, 5.41) is 23.1. The number of amides is 1. The smallest absolute Gasteiger partial charge is 0.387 e. The van der Waals surface area contributed by atoms with Gasteiger partial charge in [-0.1, -0.05) is 17.7 Å². The van der Waals surface area contributed by atoms with E-state index >= 15 is 0 Å². The minimum absolute atomic E-state index is 0.0373. The highest BCUT2D eigenvalue weighted by atomic mass is 31.2. The second-order valence-corrected chi connectivity index (χ2v) is 8.64. The molecule has 1 fully saturated rings. The number of aliphatic hydroxyl groups excluding tert-OH is 2. The lowest BCUT2D eigenvalue weighted by Crippen LogP contribution is -2.33. The summed E-state index contributed by atoms with van der Waals surface area (Å²) in [6.07, 6.45) is -4.51. The maximum atomic E-state index is 12.6. The fourth-order valence-electron chi connectivity index (χ4n) is 3.45. The molecule has 0 aliphatic carbocycles. The number of hydrogen-bond donors (Lipinski definition) is 6. The summed E-state index contributed by atoms with van der Waals surface area (Å²) in [7, 11) is -4.83. The van der Waals surface area contributed by atoms with Crippen molar-refractivity contribution in [2.75, 3.05) is 11.9 Å². The first-order valence-corrected chi connectivity index (χ1v) is 11.1. The molecule has 176 valence electrons. The molecule has 33 heavy (non-hydrogen) atoms. The Morgan fingerprint density at radius 2 is 2.09 bits per heavy atom. The molecule has 0 unspecified atom stereocenters. The number of imidazole rings is 1. The summed E-state index contributed by atoms with van der Waals surface area (Å²) in [6.45, 7) is 1.13. The molecule has 1 saturated heterocycles. The number of aliphatic hydroxyl groups is 2. The Kier molecular flexibility index (Phi) is 6.16. The van der Waals surface area contributed by atoms with Gasteiger partial charge in [-0.15, -0.1) is 0 Å². The Hall–Kier alpha value is -2.97. The highest BCUT2D eigenvalue weighted by Crippen LogP contribution is 2.38. The van der Waals surface area contributed by atoms with E-state index in [-0.39, 0.29) is 17.0 Å². The number of nitrogens with one attached hydrogen (secondary N) is 2. The second-order valence-electron chi connectivity index (χ2n) is 7.40. The molecule has 1 aliphatic heterocycles. The third-order valence-electron chi connectivity index (χ3n) is 4.98. The number of aromatic amines is 1. The van der Waals surface area contributed by atoms with Crippen molar-refractivity contribution in [1.29, 1.82) is 0 Å². The van der Waals surface area contributed by atoms with Gasteiger partial charge in [0.1, 0.15) is 29.6 Å². The zero-order valence-corrected chi connectivity index (χ0v) is 17.9. The van der Waals surface area contributed by atoms with E-state index < -0.39 is 50.6 Å². The summed E-state index contributed by atoms with van der Waals surface area (Å²) in [5.74, 6) is -0.539. The summed E-state index contributed by atoms with van der Waals surface area (Å²) in [6, 6.07) is 6.79. The van der Waals surface area contributed by atoms with Crippen molar-refractivity contribution in [3.8, 4) is 0 Å². The number of carbonyl (C=O) groups is 1. The van der Waals surface area contributed by atoms with Crippen LogP contribution >= 0.6 is 7.82 Å². The SMILES string of the molecule is Cc1cccc(C(=O)Nc2[nH]c(=O)nc3c2ncn3[C@@H]2O[C@H](COP(=O)(O)O)[C@@H](O)[C@H]2O)c1. The van der Waals surface area contributed by atoms with Crippen LogP contribution in [0.1, 0.15) is 22.1 Å². The molecule has 0 radical (unpaired) electrons. The van der Waals surface area contributed by atoms with E-state index in [1.807, 2.05) is 13.0 Å². The van der Waals surface area contributed by atoms with Gasteiger partial charge in [-0.3, -0.25) is 18.9 Å². The molecule has 6 N–H and O–H groups in total. The maximum Gasteiger partial charge on any atom is 0.469 e. The predicted octanol–water partition coefficient (Wildman–Crippen LogP) is -0.591. The Labute approximate surface area is 185 Å². The Morgan fingerprint density at radius 1 is 1.33 bits per heavy atom. The van der Waals surface area contributed by atoms with Gasteiger partial charge < -0.3 is 30.1 Å². The summed E-state index contributed by atoms with van der Waals surface area (Å²) in [5.41, 5.74) is 0.412. The van der Waals surface area contributed by atoms with Gasteiger partial charge in [0.2, 0.25) is 0 Å². The van der Waals surface area contributed by atoms with Gasteiger partial charge in [-0.05, 0) is 19.1 Å². The zero-order chi connectivity index (χ0) is 23.9. The maximum absolute atomic E-state index is 12.6. The standard InChI is InChI=1S/C18H20N5O9P/c1-8-3-2-4-9(5-8)16(26)20-14-11-15(22-18(27)21-14)23(7-19-11)17-13(25)12(24)10(32-17)6-31-33(28,29)30/h2-5,7,10,12-13,17,24-25H,6H2,1H3,(H2,28,29,30)(H2,20,21,22,26,27)/t10-,12-,13-,17-/m1/s1. The average molecular weight is 481 g/mol. The topological polar surface area (TPSA) is 209 Å². The average Bonchev–Trinajstić information content (AvgIpc) is 3.27. The summed E-state index contributed by atoms with van der Waals surface area (Å²) < 4.78 is 21.9. The fourth-order valence-corrected chi connectivity index (χ4v) is 3.79. The van der Waals surface area contributed by atoms with E-state index in [1.54, 1.807) is 18.2 Å². The first-order chi connectivity index (χ1) is 15.5. The van der Waals surface area contributed by atoms with Gasteiger partial charge in [0.25, 0.3) is 5.91 Å². The number of nitrogens with zero attached hydrogens (tertiary/aromatic N) is 3. The molecule has 0 saturated carbocycles. The van der Waals surface area contributed by atoms with Gasteiger partial charge in [0, 0.05) is 5.56 Å². The first-order valence-electron chi connectivity index (χ1n) is 9.60. The van der Waals surface area contributed by atoms with Crippen molar-refractivity contribution in [2.45, 2.75) is 31.5 Å². The van der Waals surface area contributed by atoms with Crippen LogP contribution in [0.5, 0.6) is 0 Å². The quantitative estimate of drug-likeness (QED) is 0.245. The first kappa shape index (κ1) is 23.2. The molecule has 0 bridgehead atoms. The van der Waals surface area contributed by atoms with Crippen LogP contribution in [-0.4, -0.2) is 70.3 Å². The summed E-state index contributed by atoms with van der Waals surface area (Å²) in [4.78, 5) is 52.8. The number of hydrogen-bond acceptors (Lipinski definition) is 9. The number of phosphoric ester groups is 1. The number of ether oxygens (including phenoxy) is 1. The molecule has 1 aromatic carbocycles. The molecule has 4 atom stereocenters. The summed E-state index contributed by atoms with van der Waals surface area (Å²) >= 11 is 0.